The predicted octanol–water partition coefficient (Wildman–Crippen LogP) is 4.15. The van der Waals surface area contributed by atoms with Gasteiger partial charge in [-0.2, -0.15) is 0 Å². The van der Waals surface area contributed by atoms with Crippen LogP contribution in [-0.4, -0.2) is 72.4 Å². The Balaban J connectivity index is 1.65. The van der Waals surface area contributed by atoms with Gasteiger partial charge in [0.15, 0.2) is 14.9 Å². The van der Waals surface area contributed by atoms with Gasteiger partial charge in [0, 0.05) is 30.1 Å². The zero-order chi connectivity index (χ0) is 26.7. The van der Waals surface area contributed by atoms with Crippen molar-refractivity contribution in [1.82, 2.24) is 9.97 Å². The molecule has 0 amide bonds. The first kappa shape index (κ1) is 27.0. The summed E-state index contributed by atoms with van der Waals surface area (Å²) in [6.07, 6.45) is 2.75. The van der Waals surface area contributed by atoms with Crippen molar-refractivity contribution in [2.45, 2.75) is 36.6 Å². The Morgan fingerprint density at radius 2 is 2.05 bits per heavy atom. The number of hydrogen-bond acceptors (Lipinski definition) is 9. The van der Waals surface area contributed by atoms with E-state index in [1.54, 1.807) is 19.2 Å². The molecule has 1 aliphatic rings. The molecule has 0 saturated heterocycles. The Labute approximate surface area is 219 Å². The van der Waals surface area contributed by atoms with Crippen LogP contribution < -0.4 is 9.47 Å². The van der Waals surface area contributed by atoms with Gasteiger partial charge in [0.05, 0.1) is 36.5 Å². The summed E-state index contributed by atoms with van der Waals surface area (Å²) in [6.45, 7) is 4.59. The SMILES string of the molecule is CCC(C(=O)O)C1CN=C(c2cc3cc(Oc4ccc(S(C)(=O)=O)nc4)cc(OC(C)COC)c3[nH]2)S1. The summed E-state index contributed by atoms with van der Waals surface area (Å²) < 4.78 is 40.7. The minimum atomic E-state index is -3.42. The third kappa shape index (κ3) is 6.25. The van der Waals surface area contributed by atoms with E-state index in [-0.39, 0.29) is 16.4 Å². The van der Waals surface area contributed by atoms with Crippen LogP contribution in [0, 0.1) is 5.92 Å². The number of carboxylic acid groups (broad SMARTS) is 1. The fourth-order valence-electron chi connectivity index (χ4n) is 4.07. The number of rotatable bonds is 11. The number of H-pyrrole nitrogens is 1. The molecule has 4 rings (SSSR count). The van der Waals surface area contributed by atoms with Crippen LogP contribution in [0.4, 0.5) is 0 Å². The lowest BCUT2D eigenvalue weighted by Gasteiger charge is -2.16. The van der Waals surface area contributed by atoms with Gasteiger partial charge >= 0.3 is 5.97 Å². The van der Waals surface area contributed by atoms with Crippen molar-refractivity contribution >= 4 is 43.5 Å². The molecule has 1 aromatic carbocycles. The zero-order valence-electron chi connectivity index (χ0n) is 20.9. The molecule has 1 aliphatic heterocycles. The van der Waals surface area contributed by atoms with Crippen molar-refractivity contribution in [3.8, 4) is 17.2 Å². The number of nitrogens with zero attached hydrogens (tertiary/aromatic N) is 2. The van der Waals surface area contributed by atoms with Gasteiger partial charge in [-0.3, -0.25) is 9.79 Å². The molecule has 2 N–H and O–H groups in total. The highest BCUT2D eigenvalue weighted by atomic mass is 32.2. The molecule has 0 radical (unpaired) electrons. The molecule has 0 aliphatic carbocycles. The number of aliphatic imine (C=N–C) groups is 1. The van der Waals surface area contributed by atoms with E-state index in [0.717, 1.165) is 27.9 Å². The average Bonchev–Trinajstić information content (AvgIpc) is 3.47. The van der Waals surface area contributed by atoms with E-state index in [9.17, 15) is 18.3 Å². The number of fused-ring (bicyclic) bond motifs is 1. The van der Waals surface area contributed by atoms with E-state index in [1.807, 2.05) is 26.0 Å². The first-order chi connectivity index (χ1) is 17.6. The second-order valence-corrected chi connectivity index (χ2v) is 12.0. The summed E-state index contributed by atoms with van der Waals surface area (Å²) in [5.74, 6) is 0.114. The fourth-order valence-corrected chi connectivity index (χ4v) is 5.92. The number of aromatic nitrogens is 2. The van der Waals surface area contributed by atoms with Crippen molar-refractivity contribution in [3.05, 3.63) is 42.2 Å². The number of hydrogen-bond donors (Lipinski definition) is 2. The Kier molecular flexibility index (Phi) is 8.10. The molecular formula is C25H29N3O7S2. The van der Waals surface area contributed by atoms with Crippen molar-refractivity contribution in [2.75, 3.05) is 26.5 Å². The molecule has 3 aromatic rings. The quantitative estimate of drug-likeness (QED) is 0.362. The Morgan fingerprint density at radius 1 is 1.27 bits per heavy atom. The molecule has 12 heteroatoms. The number of aliphatic carboxylic acids is 1. The van der Waals surface area contributed by atoms with Gasteiger partial charge < -0.3 is 24.3 Å². The summed E-state index contributed by atoms with van der Waals surface area (Å²) in [5.41, 5.74) is 1.51. The third-order valence-electron chi connectivity index (χ3n) is 5.83. The number of carboxylic acids is 1. The minimum Gasteiger partial charge on any atom is -0.486 e. The van der Waals surface area contributed by atoms with Gasteiger partial charge in [0.2, 0.25) is 0 Å². The van der Waals surface area contributed by atoms with Crippen LogP contribution in [0.5, 0.6) is 17.2 Å². The van der Waals surface area contributed by atoms with Crippen LogP contribution in [0.25, 0.3) is 10.9 Å². The highest BCUT2D eigenvalue weighted by Gasteiger charge is 2.32. The summed E-state index contributed by atoms with van der Waals surface area (Å²) in [4.78, 5) is 23.6. The maximum Gasteiger partial charge on any atom is 0.307 e. The molecule has 10 nitrogen and oxygen atoms in total. The van der Waals surface area contributed by atoms with Crippen molar-refractivity contribution < 1.29 is 32.5 Å². The highest BCUT2D eigenvalue weighted by Crippen LogP contribution is 2.37. The predicted molar refractivity (Wildman–Crippen MR) is 142 cm³/mol. The average molecular weight is 548 g/mol. The molecular weight excluding hydrogens is 518 g/mol. The number of carbonyl (C=O) groups is 1. The number of benzene rings is 1. The lowest BCUT2D eigenvalue weighted by Crippen LogP contribution is -2.26. The first-order valence-corrected chi connectivity index (χ1v) is 14.5. The Hall–Kier alpha value is -3.09. The van der Waals surface area contributed by atoms with Crippen LogP contribution in [0.15, 0.2) is 46.5 Å². The summed E-state index contributed by atoms with van der Waals surface area (Å²) in [6, 6.07) is 8.43. The number of thioether (sulfide) groups is 1. The molecule has 0 spiro atoms. The standard InChI is InChI=1S/C25H29N3O7S2/c1-5-18(25(29)30)21-12-27-24(36-21)19-9-15-8-17(10-20(23(15)28-19)34-14(2)13-33-3)35-16-6-7-22(26-11-16)37(4,31)32/h6-11,14,18,21,28H,5,12-13H2,1-4H3,(H,29,30). The fraction of sp³-hybridized carbons (Fsp3) is 0.400. The number of sulfone groups is 1. The molecule has 0 bridgehead atoms. The van der Waals surface area contributed by atoms with Crippen LogP contribution in [-0.2, 0) is 19.4 Å². The van der Waals surface area contributed by atoms with Crippen LogP contribution >= 0.6 is 11.8 Å². The van der Waals surface area contributed by atoms with Crippen molar-refractivity contribution in [3.63, 3.8) is 0 Å². The number of pyridine rings is 1. The van der Waals surface area contributed by atoms with Gasteiger partial charge in [0.25, 0.3) is 0 Å². The lowest BCUT2D eigenvalue weighted by molar-refractivity contribution is -0.141. The maximum absolute atomic E-state index is 11.7. The highest BCUT2D eigenvalue weighted by molar-refractivity contribution is 8.15. The van der Waals surface area contributed by atoms with E-state index < -0.39 is 21.7 Å². The lowest BCUT2D eigenvalue weighted by atomic mass is 10.0. The van der Waals surface area contributed by atoms with Gasteiger partial charge in [-0.05, 0) is 37.6 Å². The van der Waals surface area contributed by atoms with Gasteiger partial charge in [-0.15, -0.1) is 0 Å². The molecule has 0 saturated carbocycles. The molecule has 2 aromatic heterocycles. The largest absolute Gasteiger partial charge is 0.486 e. The third-order valence-corrected chi connectivity index (χ3v) is 8.19. The van der Waals surface area contributed by atoms with E-state index >= 15 is 0 Å². The molecule has 3 atom stereocenters. The number of aromatic amines is 1. The second kappa shape index (κ2) is 11.1. The van der Waals surface area contributed by atoms with Gasteiger partial charge in [-0.25, -0.2) is 13.4 Å². The van der Waals surface area contributed by atoms with Crippen LogP contribution in [0.1, 0.15) is 26.0 Å². The van der Waals surface area contributed by atoms with Crippen molar-refractivity contribution in [2.24, 2.45) is 10.9 Å². The molecule has 3 unspecified atom stereocenters. The zero-order valence-corrected chi connectivity index (χ0v) is 22.6. The number of nitrogens with one attached hydrogen (secondary N) is 1. The summed E-state index contributed by atoms with van der Waals surface area (Å²) >= 11 is 1.47. The van der Waals surface area contributed by atoms with E-state index in [4.69, 9.17) is 14.2 Å². The smallest absolute Gasteiger partial charge is 0.307 e. The number of methoxy groups -OCH3 is 1. The molecule has 37 heavy (non-hydrogen) atoms. The van der Waals surface area contributed by atoms with E-state index in [2.05, 4.69) is 15.0 Å². The number of ether oxygens (including phenoxy) is 3. The maximum atomic E-state index is 11.7. The first-order valence-electron chi connectivity index (χ1n) is 11.7. The summed E-state index contributed by atoms with van der Waals surface area (Å²) in [5, 5.41) is 10.9. The van der Waals surface area contributed by atoms with E-state index in [0.29, 0.717) is 36.8 Å². The molecule has 198 valence electrons. The second-order valence-electron chi connectivity index (χ2n) is 8.81. The Morgan fingerprint density at radius 3 is 2.68 bits per heavy atom. The van der Waals surface area contributed by atoms with Crippen LogP contribution in [0.2, 0.25) is 0 Å². The van der Waals surface area contributed by atoms with Gasteiger partial charge in [-0.1, -0.05) is 18.7 Å². The van der Waals surface area contributed by atoms with Crippen molar-refractivity contribution in [1.29, 1.82) is 0 Å². The monoisotopic (exact) mass is 547 g/mol. The van der Waals surface area contributed by atoms with Crippen LogP contribution in [0.3, 0.4) is 0 Å². The Bertz CT molecular complexity index is 1420. The topological polar surface area (TPSA) is 140 Å². The van der Waals surface area contributed by atoms with Gasteiger partial charge in [0.1, 0.15) is 28.4 Å². The van der Waals surface area contributed by atoms with E-state index in [1.165, 1.54) is 24.0 Å². The molecule has 3 heterocycles. The normalized spacial score (nSPS) is 17.4. The minimum absolute atomic E-state index is 0.0376. The summed E-state index contributed by atoms with van der Waals surface area (Å²) in [7, 11) is -1.82. The molecule has 0 fully saturated rings.